The third-order valence-corrected chi connectivity index (χ3v) is 6.37. The number of H-pyrrole nitrogens is 1. The van der Waals surface area contributed by atoms with Crippen molar-refractivity contribution in [1.29, 1.82) is 0 Å². The molecule has 4 aliphatic rings. The first-order valence-corrected chi connectivity index (χ1v) is 9.40. The van der Waals surface area contributed by atoms with E-state index >= 15 is 0 Å². The number of esters is 1. The number of Topliss-reactive ketones (excluding diaryl/α,β-unsaturated/α-hetero) is 1. The summed E-state index contributed by atoms with van der Waals surface area (Å²) in [5, 5.41) is 0.640. The molecule has 0 saturated carbocycles. The summed E-state index contributed by atoms with van der Waals surface area (Å²) < 4.78 is 5.83. The molecule has 1 amide bonds. The van der Waals surface area contributed by atoms with Gasteiger partial charge in [-0.1, -0.05) is 0 Å². The van der Waals surface area contributed by atoms with Crippen molar-refractivity contribution in [3.05, 3.63) is 35.5 Å². The molecule has 5 heterocycles. The first-order valence-electron chi connectivity index (χ1n) is 9.40. The summed E-state index contributed by atoms with van der Waals surface area (Å²) >= 11 is 0. The lowest BCUT2D eigenvalue weighted by Gasteiger charge is -2.54. The molecular weight excluding hydrogens is 346 g/mol. The van der Waals surface area contributed by atoms with Gasteiger partial charge in [0.25, 0.3) is 0 Å². The predicted molar refractivity (Wildman–Crippen MR) is 97.3 cm³/mol. The van der Waals surface area contributed by atoms with Gasteiger partial charge in [0.2, 0.25) is 5.91 Å². The van der Waals surface area contributed by atoms with Crippen molar-refractivity contribution in [2.75, 3.05) is 6.54 Å². The molecule has 3 N–H and O–H groups in total. The van der Waals surface area contributed by atoms with E-state index in [-0.39, 0.29) is 18.0 Å². The van der Waals surface area contributed by atoms with Crippen LogP contribution in [0.1, 0.15) is 46.4 Å². The van der Waals surface area contributed by atoms with E-state index in [1.807, 2.05) is 0 Å². The molecule has 1 aromatic carbocycles. The predicted octanol–water partition coefficient (Wildman–Crippen LogP) is 1.62. The van der Waals surface area contributed by atoms with E-state index in [0.29, 0.717) is 40.9 Å². The van der Waals surface area contributed by atoms with Crippen LogP contribution in [0.4, 0.5) is 0 Å². The average Bonchev–Trinajstić information content (AvgIpc) is 3.05. The highest BCUT2D eigenvalue weighted by Gasteiger charge is 2.49. The Morgan fingerprint density at radius 2 is 1.89 bits per heavy atom. The number of carbonyl (C=O) groups excluding carboxylic acids is 3. The summed E-state index contributed by atoms with van der Waals surface area (Å²) in [6.07, 6.45) is 4.81. The minimum Gasteiger partial charge on any atom is -0.459 e. The topological polar surface area (TPSA) is 105 Å². The van der Waals surface area contributed by atoms with Crippen LogP contribution in [-0.2, 0) is 9.53 Å². The van der Waals surface area contributed by atoms with Gasteiger partial charge in [-0.25, -0.2) is 4.79 Å². The number of nitrogens with two attached hydrogens (primary N) is 1. The zero-order valence-electron chi connectivity index (χ0n) is 14.8. The maximum absolute atomic E-state index is 12.8. The molecule has 4 saturated heterocycles. The maximum Gasteiger partial charge on any atom is 0.340 e. The number of fused-ring (bicyclic) bond motifs is 2. The number of aromatic amines is 1. The second-order valence-electron chi connectivity index (χ2n) is 7.94. The van der Waals surface area contributed by atoms with Crippen LogP contribution in [0.2, 0.25) is 0 Å². The van der Waals surface area contributed by atoms with Gasteiger partial charge in [0.1, 0.15) is 11.9 Å². The highest BCUT2D eigenvalue weighted by atomic mass is 16.5. The second-order valence-corrected chi connectivity index (χ2v) is 7.94. The number of piperidine rings is 4. The molecule has 2 atom stereocenters. The first-order chi connectivity index (χ1) is 13.0. The highest BCUT2D eigenvalue weighted by Crippen LogP contribution is 2.42. The number of ketones is 1. The lowest BCUT2D eigenvalue weighted by atomic mass is 9.72. The van der Waals surface area contributed by atoms with E-state index in [0.717, 1.165) is 31.2 Å². The largest absolute Gasteiger partial charge is 0.459 e. The van der Waals surface area contributed by atoms with Crippen LogP contribution in [0.5, 0.6) is 0 Å². The molecule has 0 spiro atoms. The molecule has 4 aliphatic heterocycles. The molecule has 2 aromatic rings. The van der Waals surface area contributed by atoms with E-state index in [4.69, 9.17) is 10.5 Å². The zero-order chi connectivity index (χ0) is 18.7. The summed E-state index contributed by atoms with van der Waals surface area (Å²) in [5.74, 6) is -0.357. The Kier molecular flexibility index (Phi) is 3.62. The minimum absolute atomic E-state index is 0.137. The summed E-state index contributed by atoms with van der Waals surface area (Å²) in [6, 6.07) is 5.66. The molecule has 7 heteroatoms. The standard InChI is InChI=1S/C20H21N3O4/c21-19(25)10-1-2-17-15(5-10)16(8-22-17)20(26)27-14-6-12-3-11-4-13(7-14)23(12)9-18(11)24/h1-2,5,8,11-14,22H,3-4,6-7,9H2,(H2,21,25). The lowest BCUT2D eigenvalue weighted by molar-refractivity contribution is -0.145. The van der Waals surface area contributed by atoms with Crippen LogP contribution >= 0.6 is 0 Å². The maximum atomic E-state index is 12.8. The highest BCUT2D eigenvalue weighted by molar-refractivity contribution is 6.06. The van der Waals surface area contributed by atoms with Crippen LogP contribution in [0.15, 0.2) is 24.4 Å². The normalized spacial score (nSPS) is 31.9. The smallest absolute Gasteiger partial charge is 0.340 e. The van der Waals surface area contributed by atoms with Crippen molar-refractivity contribution < 1.29 is 19.1 Å². The Balaban J connectivity index is 1.34. The van der Waals surface area contributed by atoms with E-state index in [1.165, 1.54) is 0 Å². The van der Waals surface area contributed by atoms with Crippen molar-refractivity contribution in [2.45, 2.75) is 43.9 Å². The number of hydrogen-bond acceptors (Lipinski definition) is 5. The number of hydrogen-bond donors (Lipinski definition) is 2. The Morgan fingerprint density at radius 3 is 2.56 bits per heavy atom. The Bertz CT molecular complexity index is 949. The van der Waals surface area contributed by atoms with Gasteiger partial charge in [-0.3, -0.25) is 14.5 Å². The fourth-order valence-corrected chi connectivity index (χ4v) is 5.07. The molecule has 1 aromatic heterocycles. The van der Waals surface area contributed by atoms with Gasteiger partial charge in [-0.05, 0) is 31.0 Å². The van der Waals surface area contributed by atoms with Gasteiger partial charge in [0.05, 0.1) is 12.1 Å². The van der Waals surface area contributed by atoms with E-state index in [9.17, 15) is 14.4 Å². The number of benzene rings is 1. The number of carbonyl (C=O) groups is 3. The van der Waals surface area contributed by atoms with E-state index < -0.39 is 5.91 Å². The Hall–Kier alpha value is -2.67. The molecule has 4 fully saturated rings. The monoisotopic (exact) mass is 367 g/mol. The van der Waals surface area contributed by atoms with Crippen LogP contribution in [-0.4, -0.2) is 52.3 Å². The number of nitrogens with zero attached hydrogens (tertiary/aromatic N) is 1. The fraction of sp³-hybridized carbons (Fsp3) is 0.450. The summed E-state index contributed by atoms with van der Waals surface area (Å²) in [6.45, 7) is 0.555. The van der Waals surface area contributed by atoms with Gasteiger partial charge in [0.15, 0.2) is 0 Å². The minimum atomic E-state index is -0.531. The molecule has 7 nitrogen and oxygen atoms in total. The van der Waals surface area contributed by atoms with E-state index in [2.05, 4.69) is 9.88 Å². The van der Waals surface area contributed by atoms with Crippen LogP contribution < -0.4 is 5.73 Å². The summed E-state index contributed by atoms with van der Waals surface area (Å²) in [4.78, 5) is 41.5. The molecule has 4 bridgehead atoms. The van der Waals surface area contributed by atoms with Gasteiger partial charge in [0, 0.05) is 53.5 Å². The Morgan fingerprint density at radius 1 is 1.15 bits per heavy atom. The lowest BCUT2D eigenvalue weighted by Crippen LogP contribution is -2.63. The fourth-order valence-electron chi connectivity index (χ4n) is 5.07. The average molecular weight is 367 g/mol. The molecule has 0 aliphatic carbocycles. The number of ether oxygens (including phenoxy) is 1. The molecule has 0 radical (unpaired) electrons. The van der Waals surface area contributed by atoms with Gasteiger partial charge < -0.3 is 15.5 Å². The van der Waals surface area contributed by atoms with Gasteiger partial charge in [-0.2, -0.15) is 0 Å². The SMILES string of the molecule is NC(=O)c1ccc2[nH]cc(C(=O)OC3CC4CC5CC(C3)N4CC5=O)c2c1. The van der Waals surface area contributed by atoms with Crippen molar-refractivity contribution in [2.24, 2.45) is 11.7 Å². The zero-order valence-corrected chi connectivity index (χ0v) is 14.8. The quantitative estimate of drug-likeness (QED) is 0.802. The van der Waals surface area contributed by atoms with Crippen LogP contribution in [0.25, 0.3) is 10.9 Å². The van der Waals surface area contributed by atoms with Crippen molar-refractivity contribution in [1.82, 2.24) is 9.88 Å². The molecule has 140 valence electrons. The van der Waals surface area contributed by atoms with Gasteiger partial charge >= 0.3 is 5.97 Å². The number of aromatic nitrogens is 1. The number of rotatable bonds is 3. The van der Waals surface area contributed by atoms with Crippen molar-refractivity contribution in [3.63, 3.8) is 0 Å². The number of primary amides is 1. The molecule has 27 heavy (non-hydrogen) atoms. The summed E-state index contributed by atoms with van der Waals surface area (Å²) in [7, 11) is 0. The van der Waals surface area contributed by atoms with Gasteiger partial charge in [-0.15, -0.1) is 0 Å². The molecule has 2 unspecified atom stereocenters. The first kappa shape index (κ1) is 16.5. The van der Waals surface area contributed by atoms with Crippen molar-refractivity contribution >= 4 is 28.6 Å². The molecular formula is C20H21N3O4. The number of nitrogens with one attached hydrogen (secondary N) is 1. The van der Waals surface area contributed by atoms with E-state index in [1.54, 1.807) is 24.4 Å². The third kappa shape index (κ3) is 2.65. The summed E-state index contributed by atoms with van der Waals surface area (Å²) in [5.41, 5.74) is 6.88. The second kappa shape index (κ2) is 5.92. The van der Waals surface area contributed by atoms with Crippen LogP contribution in [0, 0.1) is 5.92 Å². The van der Waals surface area contributed by atoms with Crippen LogP contribution in [0.3, 0.4) is 0 Å². The van der Waals surface area contributed by atoms with Crippen molar-refractivity contribution in [3.8, 4) is 0 Å². The Labute approximate surface area is 155 Å². The molecule has 6 rings (SSSR count). The number of amides is 1. The third-order valence-electron chi connectivity index (χ3n) is 6.37.